The zero-order valence-corrected chi connectivity index (χ0v) is 12.2. The van der Waals surface area contributed by atoms with E-state index in [2.05, 4.69) is 11.9 Å². The lowest BCUT2D eigenvalue weighted by molar-refractivity contribution is 0.452. The van der Waals surface area contributed by atoms with Crippen LogP contribution in [0.1, 0.15) is 18.9 Å². The van der Waals surface area contributed by atoms with Crippen molar-refractivity contribution in [2.24, 2.45) is 0 Å². The Morgan fingerprint density at radius 2 is 1.81 bits per heavy atom. The molecule has 21 heavy (non-hydrogen) atoms. The normalized spacial score (nSPS) is 11.1. The van der Waals surface area contributed by atoms with E-state index in [4.69, 9.17) is 0 Å². The number of aromatic hydroxyl groups is 2. The van der Waals surface area contributed by atoms with Gasteiger partial charge in [-0.05, 0) is 43.2 Å². The van der Waals surface area contributed by atoms with Crippen LogP contribution in [-0.2, 0) is 6.54 Å². The molecule has 2 aromatic carbocycles. The first-order chi connectivity index (χ1) is 10.1. The summed E-state index contributed by atoms with van der Waals surface area (Å²) in [6, 6.07) is 10.8. The number of nitrogens with zero attached hydrogens (tertiary/aromatic N) is 2. The van der Waals surface area contributed by atoms with Crippen LogP contribution in [0, 0.1) is 6.92 Å². The summed E-state index contributed by atoms with van der Waals surface area (Å²) in [6.07, 6.45) is 0.945. The van der Waals surface area contributed by atoms with E-state index in [0.29, 0.717) is 11.4 Å². The SMILES string of the molecule is CCCn1c(-c2c(O)cccc2O)nc2cc(C)ccc21. The van der Waals surface area contributed by atoms with Crippen molar-refractivity contribution < 1.29 is 10.2 Å². The van der Waals surface area contributed by atoms with E-state index in [1.165, 1.54) is 0 Å². The van der Waals surface area contributed by atoms with Crippen LogP contribution in [0.3, 0.4) is 0 Å². The largest absolute Gasteiger partial charge is 0.507 e. The van der Waals surface area contributed by atoms with Crippen molar-refractivity contribution in [1.29, 1.82) is 0 Å². The summed E-state index contributed by atoms with van der Waals surface area (Å²) in [5.74, 6) is 0.687. The maximum absolute atomic E-state index is 10.1. The van der Waals surface area contributed by atoms with Crippen LogP contribution in [0.15, 0.2) is 36.4 Å². The highest BCUT2D eigenvalue weighted by molar-refractivity contribution is 5.84. The molecule has 2 N–H and O–H groups in total. The number of fused-ring (bicyclic) bond motifs is 1. The molecule has 0 aliphatic carbocycles. The third-order valence-electron chi connectivity index (χ3n) is 3.60. The minimum absolute atomic E-state index is 0.0411. The smallest absolute Gasteiger partial charge is 0.148 e. The van der Waals surface area contributed by atoms with Gasteiger partial charge in [0.2, 0.25) is 0 Å². The predicted molar refractivity (Wildman–Crippen MR) is 83.5 cm³/mol. The second kappa shape index (κ2) is 5.13. The molecule has 0 aliphatic rings. The van der Waals surface area contributed by atoms with Gasteiger partial charge < -0.3 is 14.8 Å². The van der Waals surface area contributed by atoms with Gasteiger partial charge in [0, 0.05) is 6.54 Å². The highest BCUT2D eigenvalue weighted by Crippen LogP contribution is 2.38. The topological polar surface area (TPSA) is 58.3 Å². The van der Waals surface area contributed by atoms with Crippen LogP contribution in [0.5, 0.6) is 11.5 Å². The van der Waals surface area contributed by atoms with Gasteiger partial charge in [0.1, 0.15) is 22.9 Å². The number of phenols is 2. The average molecular weight is 282 g/mol. The summed E-state index contributed by atoms with van der Waals surface area (Å²) in [5, 5.41) is 20.2. The van der Waals surface area contributed by atoms with E-state index in [-0.39, 0.29) is 11.5 Å². The Labute approximate surface area is 123 Å². The predicted octanol–water partition coefficient (Wildman–Crippen LogP) is 3.83. The van der Waals surface area contributed by atoms with Crippen LogP contribution >= 0.6 is 0 Å². The highest BCUT2D eigenvalue weighted by atomic mass is 16.3. The zero-order valence-electron chi connectivity index (χ0n) is 12.2. The third-order valence-corrected chi connectivity index (χ3v) is 3.60. The fourth-order valence-corrected chi connectivity index (χ4v) is 2.64. The Bertz CT molecular complexity index is 786. The van der Waals surface area contributed by atoms with E-state index < -0.39 is 0 Å². The number of imidazole rings is 1. The van der Waals surface area contributed by atoms with Crippen molar-refractivity contribution in [3.63, 3.8) is 0 Å². The van der Waals surface area contributed by atoms with Gasteiger partial charge in [0.25, 0.3) is 0 Å². The molecule has 0 spiro atoms. The van der Waals surface area contributed by atoms with E-state index >= 15 is 0 Å². The van der Waals surface area contributed by atoms with Crippen molar-refractivity contribution in [2.45, 2.75) is 26.8 Å². The van der Waals surface area contributed by atoms with Crippen LogP contribution in [0.4, 0.5) is 0 Å². The molecule has 0 atom stereocenters. The van der Waals surface area contributed by atoms with Gasteiger partial charge in [-0.2, -0.15) is 0 Å². The zero-order chi connectivity index (χ0) is 15.0. The molecule has 1 aromatic heterocycles. The Kier molecular flexibility index (Phi) is 3.29. The first kappa shape index (κ1) is 13.5. The fraction of sp³-hybridized carbons (Fsp3) is 0.235. The van der Waals surface area contributed by atoms with Crippen LogP contribution < -0.4 is 0 Å². The molecule has 0 saturated heterocycles. The molecular formula is C17H18N2O2. The number of phenolic OH excluding ortho intramolecular Hbond substituents is 2. The van der Waals surface area contributed by atoms with Gasteiger partial charge in [-0.25, -0.2) is 4.98 Å². The number of benzene rings is 2. The number of aromatic nitrogens is 2. The molecule has 4 nitrogen and oxygen atoms in total. The summed E-state index contributed by atoms with van der Waals surface area (Å²) >= 11 is 0. The average Bonchev–Trinajstić information content (AvgIpc) is 2.77. The molecule has 0 amide bonds. The molecule has 4 heteroatoms. The molecule has 0 saturated carbocycles. The Balaban J connectivity index is 2.33. The number of aryl methyl sites for hydroxylation is 2. The van der Waals surface area contributed by atoms with E-state index in [1.807, 2.05) is 29.7 Å². The van der Waals surface area contributed by atoms with E-state index in [9.17, 15) is 10.2 Å². The van der Waals surface area contributed by atoms with Gasteiger partial charge in [-0.15, -0.1) is 0 Å². The van der Waals surface area contributed by atoms with E-state index in [1.54, 1.807) is 18.2 Å². The quantitative estimate of drug-likeness (QED) is 0.767. The Hall–Kier alpha value is -2.49. The Morgan fingerprint density at radius 3 is 2.48 bits per heavy atom. The monoisotopic (exact) mass is 282 g/mol. The summed E-state index contributed by atoms with van der Waals surface area (Å²) < 4.78 is 2.05. The van der Waals surface area contributed by atoms with Crippen LogP contribution in [-0.4, -0.2) is 19.8 Å². The first-order valence-corrected chi connectivity index (χ1v) is 7.10. The third kappa shape index (κ3) is 2.23. The molecule has 0 fully saturated rings. The lowest BCUT2D eigenvalue weighted by atomic mass is 10.1. The van der Waals surface area contributed by atoms with Crippen molar-refractivity contribution >= 4 is 11.0 Å². The van der Waals surface area contributed by atoms with Crippen molar-refractivity contribution in [3.05, 3.63) is 42.0 Å². The second-order valence-corrected chi connectivity index (χ2v) is 5.25. The van der Waals surface area contributed by atoms with Gasteiger partial charge >= 0.3 is 0 Å². The minimum atomic E-state index is 0.0411. The van der Waals surface area contributed by atoms with Gasteiger partial charge in [0.05, 0.1) is 11.0 Å². The molecular weight excluding hydrogens is 264 g/mol. The number of hydrogen-bond acceptors (Lipinski definition) is 3. The highest BCUT2D eigenvalue weighted by Gasteiger charge is 2.18. The van der Waals surface area contributed by atoms with Crippen LogP contribution in [0.25, 0.3) is 22.4 Å². The van der Waals surface area contributed by atoms with E-state index in [0.717, 1.165) is 29.6 Å². The molecule has 108 valence electrons. The maximum atomic E-state index is 10.1. The fourth-order valence-electron chi connectivity index (χ4n) is 2.64. The molecule has 3 aromatic rings. The summed E-state index contributed by atoms with van der Waals surface area (Å²) in [4.78, 5) is 4.63. The summed E-state index contributed by atoms with van der Waals surface area (Å²) in [6.45, 7) is 4.90. The lowest BCUT2D eigenvalue weighted by Gasteiger charge is -2.10. The minimum Gasteiger partial charge on any atom is -0.507 e. The maximum Gasteiger partial charge on any atom is 0.148 e. The first-order valence-electron chi connectivity index (χ1n) is 7.10. The van der Waals surface area contributed by atoms with Crippen molar-refractivity contribution in [3.8, 4) is 22.9 Å². The van der Waals surface area contributed by atoms with Crippen molar-refractivity contribution in [1.82, 2.24) is 9.55 Å². The number of rotatable bonds is 3. The van der Waals surface area contributed by atoms with Gasteiger partial charge in [0.15, 0.2) is 0 Å². The Morgan fingerprint density at radius 1 is 1.10 bits per heavy atom. The molecule has 0 radical (unpaired) electrons. The number of hydrogen-bond donors (Lipinski definition) is 2. The van der Waals surface area contributed by atoms with Crippen molar-refractivity contribution in [2.75, 3.05) is 0 Å². The molecule has 3 rings (SSSR count). The van der Waals surface area contributed by atoms with Gasteiger partial charge in [-0.3, -0.25) is 0 Å². The molecule has 0 bridgehead atoms. The summed E-state index contributed by atoms with van der Waals surface area (Å²) in [7, 11) is 0. The molecule has 0 unspecified atom stereocenters. The molecule has 1 heterocycles. The standard InChI is InChI=1S/C17H18N2O2/c1-3-9-19-13-8-7-11(2)10-12(13)18-17(19)16-14(20)5-4-6-15(16)21/h4-8,10,20-21H,3,9H2,1-2H3. The lowest BCUT2D eigenvalue weighted by Crippen LogP contribution is -2.00. The molecule has 0 aliphatic heterocycles. The summed E-state index contributed by atoms with van der Waals surface area (Å²) in [5.41, 5.74) is 3.41. The van der Waals surface area contributed by atoms with Crippen LogP contribution in [0.2, 0.25) is 0 Å². The second-order valence-electron chi connectivity index (χ2n) is 5.25. The van der Waals surface area contributed by atoms with Gasteiger partial charge in [-0.1, -0.05) is 19.1 Å².